The molecule has 6 heteroatoms. The van der Waals surface area contributed by atoms with Gasteiger partial charge in [-0.25, -0.2) is 4.98 Å². The minimum absolute atomic E-state index is 0.199. The number of amides is 1. The van der Waals surface area contributed by atoms with E-state index in [0.717, 1.165) is 29.1 Å². The summed E-state index contributed by atoms with van der Waals surface area (Å²) in [5, 5.41) is 13.3. The second kappa shape index (κ2) is 9.35. The normalized spacial score (nSPS) is 19.6. The van der Waals surface area contributed by atoms with E-state index in [-0.39, 0.29) is 5.91 Å². The van der Waals surface area contributed by atoms with Crippen LogP contribution < -0.4 is 5.32 Å². The Kier molecular flexibility index (Phi) is 6.85. The molecule has 1 saturated carbocycles. The van der Waals surface area contributed by atoms with E-state index in [2.05, 4.69) is 31.1 Å². The molecule has 0 bridgehead atoms. The van der Waals surface area contributed by atoms with Crippen LogP contribution in [0.2, 0.25) is 0 Å². The Balaban J connectivity index is 1.70. The Morgan fingerprint density at radius 2 is 1.93 bits per heavy atom. The van der Waals surface area contributed by atoms with E-state index in [1.807, 2.05) is 36.4 Å². The summed E-state index contributed by atoms with van der Waals surface area (Å²) in [5.41, 5.74) is 2.78. The third-order valence-corrected chi connectivity index (χ3v) is 6.34. The summed E-state index contributed by atoms with van der Waals surface area (Å²) >= 11 is 1.68. The molecule has 3 rings (SSSR count). The number of anilines is 1. The monoisotopic (exact) mass is 412 g/mol. The van der Waals surface area contributed by atoms with Crippen molar-refractivity contribution in [3.8, 4) is 0 Å². The number of aromatic nitrogens is 1. The smallest absolute Gasteiger partial charge is 0.307 e. The third-order valence-electron chi connectivity index (χ3n) is 5.39. The fourth-order valence-electron chi connectivity index (χ4n) is 3.90. The molecule has 1 fully saturated rings. The molecule has 29 heavy (non-hydrogen) atoms. The second-order valence-corrected chi connectivity index (χ2v) is 9.17. The number of carbonyl (C=O) groups is 2. The van der Waals surface area contributed by atoms with Gasteiger partial charge >= 0.3 is 5.97 Å². The molecule has 1 aromatic carbocycles. The van der Waals surface area contributed by atoms with Crippen molar-refractivity contribution >= 4 is 41.1 Å². The van der Waals surface area contributed by atoms with Gasteiger partial charge in [0.25, 0.3) is 0 Å². The lowest BCUT2D eigenvalue weighted by Gasteiger charge is -2.27. The van der Waals surface area contributed by atoms with E-state index < -0.39 is 17.8 Å². The van der Waals surface area contributed by atoms with Crippen LogP contribution in [-0.2, 0) is 9.59 Å². The first-order valence-corrected chi connectivity index (χ1v) is 11.0. The first-order chi connectivity index (χ1) is 13.8. The van der Waals surface area contributed by atoms with Gasteiger partial charge in [-0.2, -0.15) is 0 Å². The number of hydrogen-bond acceptors (Lipinski definition) is 4. The highest BCUT2D eigenvalue weighted by atomic mass is 32.1. The molecule has 2 atom stereocenters. The molecule has 0 spiro atoms. The first-order valence-electron chi connectivity index (χ1n) is 10.1. The van der Waals surface area contributed by atoms with Crippen LogP contribution in [0.1, 0.15) is 66.6 Å². The molecular weight excluding hydrogens is 384 g/mol. The van der Waals surface area contributed by atoms with Gasteiger partial charge in [0.2, 0.25) is 5.91 Å². The number of rotatable bonds is 6. The van der Waals surface area contributed by atoms with Gasteiger partial charge in [-0.15, -0.1) is 11.3 Å². The molecule has 1 aromatic heterocycles. The van der Waals surface area contributed by atoms with Gasteiger partial charge in [0.15, 0.2) is 0 Å². The minimum Gasteiger partial charge on any atom is -0.481 e. The summed E-state index contributed by atoms with van der Waals surface area (Å²) in [4.78, 5) is 30.1. The predicted octanol–water partition coefficient (Wildman–Crippen LogP) is 5.57. The molecule has 1 aliphatic carbocycles. The van der Waals surface area contributed by atoms with Crippen molar-refractivity contribution < 1.29 is 14.7 Å². The van der Waals surface area contributed by atoms with Crippen molar-refractivity contribution in [3.63, 3.8) is 0 Å². The molecule has 2 aromatic rings. The van der Waals surface area contributed by atoms with Crippen LogP contribution in [0.4, 0.5) is 5.69 Å². The topological polar surface area (TPSA) is 79.3 Å². The molecule has 0 unspecified atom stereocenters. The van der Waals surface area contributed by atoms with E-state index >= 15 is 0 Å². The average Bonchev–Trinajstić information content (AvgIpc) is 3.07. The molecule has 154 valence electrons. The highest BCUT2D eigenvalue weighted by molar-refractivity contribution is 7.12. The number of carboxylic acids is 1. The maximum atomic E-state index is 12.7. The lowest BCUT2D eigenvalue weighted by molar-refractivity contribution is -0.147. The number of thiazole rings is 1. The number of aryl methyl sites for hydroxylation is 1. The Hall–Kier alpha value is -2.47. The number of nitrogens with one attached hydrogen (secondary N) is 1. The van der Waals surface area contributed by atoms with Gasteiger partial charge in [0, 0.05) is 10.6 Å². The molecule has 0 radical (unpaired) electrons. The van der Waals surface area contributed by atoms with Gasteiger partial charge in [-0.3, -0.25) is 9.59 Å². The Morgan fingerprint density at radius 3 is 2.59 bits per heavy atom. The zero-order valence-electron chi connectivity index (χ0n) is 17.1. The lowest BCUT2D eigenvalue weighted by Crippen LogP contribution is -2.36. The third kappa shape index (κ3) is 5.32. The van der Waals surface area contributed by atoms with Crippen LogP contribution in [0.3, 0.4) is 0 Å². The number of aliphatic carboxylic acids is 1. The second-order valence-electron chi connectivity index (χ2n) is 7.93. The summed E-state index contributed by atoms with van der Waals surface area (Å²) in [7, 11) is 0. The van der Waals surface area contributed by atoms with Gasteiger partial charge < -0.3 is 10.4 Å². The van der Waals surface area contributed by atoms with Crippen molar-refractivity contribution in [2.75, 3.05) is 5.32 Å². The SMILES string of the molecule is Cc1sc(/C=C/c2cccc(NC(=O)[C@@H]3CCCC[C@H]3C(=O)O)c2)nc1C(C)C. The van der Waals surface area contributed by atoms with E-state index in [9.17, 15) is 14.7 Å². The van der Waals surface area contributed by atoms with Crippen molar-refractivity contribution in [1.29, 1.82) is 0 Å². The number of benzene rings is 1. The van der Waals surface area contributed by atoms with Crippen molar-refractivity contribution in [1.82, 2.24) is 4.98 Å². The lowest BCUT2D eigenvalue weighted by atomic mass is 9.78. The standard InChI is InChI=1S/C23H28N2O3S/c1-14(2)21-15(3)29-20(25-21)12-11-16-7-6-8-17(13-16)24-22(26)18-9-4-5-10-19(18)23(27)28/h6-8,11-14,18-19H,4-5,9-10H2,1-3H3,(H,24,26)(H,27,28)/b12-11+/t18-,19-/m1/s1. The van der Waals surface area contributed by atoms with Crippen LogP contribution in [0.5, 0.6) is 0 Å². The number of carboxylic acid groups (broad SMARTS) is 1. The molecule has 1 aliphatic rings. The van der Waals surface area contributed by atoms with E-state index in [4.69, 9.17) is 0 Å². The van der Waals surface area contributed by atoms with Crippen LogP contribution in [0.25, 0.3) is 12.2 Å². The average molecular weight is 413 g/mol. The minimum atomic E-state index is -0.874. The maximum absolute atomic E-state index is 12.7. The molecular formula is C23H28N2O3S. The van der Waals surface area contributed by atoms with Crippen molar-refractivity contribution in [2.45, 2.75) is 52.4 Å². The summed E-state index contributed by atoms with van der Waals surface area (Å²) in [6.07, 6.45) is 6.95. The van der Waals surface area contributed by atoms with Crippen LogP contribution in [0, 0.1) is 18.8 Å². The van der Waals surface area contributed by atoms with Gasteiger partial charge in [-0.05, 0) is 49.5 Å². The van der Waals surface area contributed by atoms with Gasteiger partial charge in [0.05, 0.1) is 17.5 Å². The van der Waals surface area contributed by atoms with E-state index in [1.165, 1.54) is 4.88 Å². The highest BCUT2D eigenvalue weighted by Crippen LogP contribution is 2.31. The Labute approximate surface area is 175 Å². The van der Waals surface area contributed by atoms with Crippen molar-refractivity contribution in [3.05, 3.63) is 45.4 Å². The fraction of sp³-hybridized carbons (Fsp3) is 0.435. The van der Waals surface area contributed by atoms with Crippen LogP contribution in [0.15, 0.2) is 24.3 Å². The highest BCUT2D eigenvalue weighted by Gasteiger charge is 2.35. The predicted molar refractivity (Wildman–Crippen MR) is 118 cm³/mol. The number of carbonyl (C=O) groups excluding carboxylic acids is 1. The number of hydrogen-bond donors (Lipinski definition) is 2. The summed E-state index contributed by atoms with van der Waals surface area (Å²) < 4.78 is 0. The molecule has 5 nitrogen and oxygen atoms in total. The van der Waals surface area contributed by atoms with Crippen molar-refractivity contribution in [2.24, 2.45) is 11.8 Å². The molecule has 1 amide bonds. The van der Waals surface area contributed by atoms with Gasteiger partial charge in [-0.1, -0.05) is 44.9 Å². The molecule has 1 heterocycles. The fourth-order valence-corrected chi connectivity index (χ4v) is 4.88. The maximum Gasteiger partial charge on any atom is 0.307 e. The molecule has 2 N–H and O–H groups in total. The largest absolute Gasteiger partial charge is 0.481 e. The van der Waals surface area contributed by atoms with Crippen LogP contribution >= 0.6 is 11.3 Å². The Morgan fingerprint density at radius 1 is 1.21 bits per heavy atom. The zero-order chi connectivity index (χ0) is 21.0. The quantitative estimate of drug-likeness (QED) is 0.649. The Bertz CT molecular complexity index is 917. The number of nitrogens with zero attached hydrogens (tertiary/aromatic N) is 1. The first kappa shape index (κ1) is 21.2. The van der Waals surface area contributed by atoms with Gasteiger partial charge in [0.1, 0.15) is 5.01 Å². The summed E-state index contributed by atoms with van der Waals surface area (Å²) in [6.45, 7) is 6.38. The summed E-state index contributed by atoms with van der Waals surface area (Å²) in [6, 6.07) is 7.59. The molecule has 0 aliphatic heterocycles. The van der Waals surface area contributed by atoms with E-state index in [1.54, 1.807) is 11.3 Å². The zero-order valence-corrected chi connectivity index (χ0v) is 18.0. The van der Waals surface area contributed by atoms with E-state index in [0.29, 0.717) is 24.4 Å². The molecule has 0 saturated heterocycles. The summed E-state index contributed by atoms with van der Waals surface area (Å²) in [5.74, 6) is -1.72. The van der Waals surface area contributed by atoms with Crippen LogP contribution in [-0.4, -0.2) is 22.0 Å².